The maximum absolute atomic E-state index is 7.54. The Bertz CT molecular complexity index is 596. The summed E-state index contributed by atoms with van der Waals surface area (Å²) in [6.45, 7) is 1.75. The monoisotopic (exact) mass is 303 g/mol. The van der Waals surface area contributed by atoms with Gasteiger partial charge in [-0.1, -0.05) is 6.07 Å². The van der Waals surface area contributed by atoms with Crippen LogP contribution >= 0.6 is 11.3 Å². The Morgan fingerprint density at radius 2 is 2.19 bits per heavy atom. The van der Waals surface area contributed by atoms with Crippen LogP contribution in [0.2, 0.25) is 0 Å². The van der Waals surface area contributed by atoms with Crippen molar-refractivity contribution in [3.63, 3.8) is 0 Å². The van der Waals surface area contributed by atoms with E-state index in [-0.39, 0.29) is 5.84 Å². The number of nitrogens with zero attached hydrogens (tertiary/aromatic N) is 1. The van der Waals surface area contributed by atoms with Crippen molar-refractivity contribution in [2.24, 2.45) is 5.73 Å². The molecular formula is C16H21N3OS. The summed E-state index contributed by atoms with van der Waals surface area (Å²) in [5.74, 6) is 0.920. The molecule has 1 aromatic heterocycles. The molecular weight excluding hydrogens is 282 g/mol. The summed E-state index contributed by atoms with van der Waals surface area (Å²) in [5, 5.41) is 9.65. The molecule has 0 aliphatic rings. The number of likely N-dealkylation sites (N-methyl/N-ethyl adjacent to an activating group) is 1. The molecule has 3 N–H and O–H groups in total. The summed E-state index contributed by atoms with van der Waals surface area (Å²) in [4.78, 5) is 3.65. The topological polar surface area (TPSA) is 62.3 Å². The summed E-state index contributed by atoms with van der Waals surface area (Å²) < 4.78 is 5.40. The number of ether oxygens (including phenoxy) is 1. The molecule has 4 nitrogen and oxygen atoms in total. The number of nitrogens with one attached hydrogen (secondary N) is 1. The van der Waals surface area contributed by atoms with E-state index in [1.165, 1.54) is 4.88 Å². The summed E-state index contributed by atoms with van der Waals surface area (Å²) in [7, 11) is 3.76. The summed E-state index contributed by atoms with van der Waals surface area (Å²) in [6.07, 6.45) is 1.04. The van der Waals surface area contributed by atoms with Gasteiger partial charge < -0.3 is 15.4 Å². The molecule has 0 atom stereocenters. The van der Waals surface area contributed by atoms with Gasteiger partial charge in [0.05, 0.1) is 7.11 Å². The molecule has 0 bridgehead atoms. The molecule has 21 heavy (non-hydrogen) atoms. The predicted molar refractivity (Wildman–Crippen MR) is 88.4 cm³/mol. The lowest BCUT2D eigenvalue weighted by Crippen LogP contribution is -2.21. The third kappa shape index (κ3) is 4.31. The summed E-state index contributed by atoms with van der Waals surface area (Å²) >= 11 is 1.79. The highest BCUT2D eigenvalue weighted by Gasteiger charge is 2.09. The van der Waals surface area contributed by atoms with Crippen molar-refractivity contribution in [3.05, 3.63) is 51.7 Å². The van der Waals surface area contributed by atoms with Crippen molar-refractivity contribution < 1.29 is 4.74 Å². The number of rotatable bonds is 7. The van der Waals surface area contributed by atoms with Crippen LogP contribution in [0.1, 0.15) is 16.0 Å². The van der Waals surface area contributed by atoms with E-state index in [0.717, 1.165) is 36.4 Å². The Hall–Kier alpha value is -1.85. The molecule has 0 radical (unpaired) electrons. The van der Waals surface area contributed by atoms with Gasteiger partial charge >= 0.3 is 0 Å². The predicted octanol–water partition coefficient (Wildman–Crippen LogP) is 2.72. The molecule has 2 rings (SSSR count). The quantitative estimate of drug-likeness (QED) is 0.610. The van der Waals surface area contributed by atoms with Gasteiger partial charge in [0, 0.05) is 29.1 Å². The average molecular weight is 303 g/mol. The molecule has 0 spiro atoms. The van der Waals surface area contributed by atoms with Gasteiger partial charge in [0.15, 0.2) is 0 Å². The molecule has 0 saturated heterocycles. The second-order valence-corrected chi connectivity index (χ2v) is 6.04. The van der Waals surface area contributed by atoms with E-state index in [0.29, 0.717) is 0 Å². The van der Waals surface area contributed by atoms with Gasteiger partial charge in [-0.2, -0.15) is 0 Å². The maximum atomic E-state index is 7.54. The van der Waals surface area contributed by atoms with Crippen molar-refractivity contribution in [1.82, 2.24) is 4.90 Å². The molecule has 0 fully saturated rings. The minimum absolute atomic E-state index is 0.0835. The van der Waals surface area contributed by atoms with E-state index in [9.17, 15) is 0 Å². The lowest BCUT2D eigenvalue weighted by atomic mass is 10.1. The average Bonchev–Trinajstić information content (AvgIpc) is 2.98. The van der Waals surface area contributed by atoms with E-state index >= 15 is 0 Å². The number of hydrogen-bond acceptors (Lipinski definition) is 4. The summed E-state index contributed by atoms with van der Waals surface area (Å²) in [6, 6.07) is 9.87. The van der Waals surface area contributed by atoms with Crippen LogP contribution in [-0.4, -0.2) is 31.4 Å². The zero-order chi connectivity index (χ0) is 15.2. The lowest BCUT2D eigenvalue weighted by Gasteiger charge is -2.18. The van der Waals surface area contributed by atoms with Gasteiger partial charge in [0.25, 0.3) is 0 Å². The van der Waals surface area contributed by atoms with Crippen molar-refractivity contribution >= 4 is 17.2 Å². The first-order valence-electron chi connectivity index (χ1n) is 6.82. The third-order valence-corrected chi connectivity index (χ3v) is 4.29. The Morgan fingerprint density at radius 3 is 2.81 bits per heavy atom. The van der Waals surface area contributed by atoms with Crippen LogP contribution in [0.5, 0.6) is 5.75 Å². The lowest BCUT2D eigenvalue weighted by molar-refractivity contribution is 0.321. The van der Waals surface area contributed by atoms with E-state index in [1.54, 1.807) is 18.4 Å². The highest BCUT2D eigenvalue weighted by atomic mass is 32.1. The fourth-order valence-corrected chi connectivity index (χ4v) is 2.89. The Kier molecular flexibility index (Phi) is 5.36. The highest BCUT2D eigenvalue weighted by molar-refractivity contribution is 7.09. The van der Waals surface area contributed by atoms with Gasteiger partial charge in [-0.15, -0.1) is 11.3 Å². The van der Waals surface area contributed by atoms with E-state index in [2.05, 4.69) is 29.5 Å². The van der Waals surface area contributed by atoms with Crippen molar-refractivity contribution in [2.75, 3.05) is 20.7 Å². The van der Waals surface area contributed by atoms with Gasteiger partial charge in [-0.3, -0.25) is 5.41 Å². The Balaban J connectivity index is 2.02. The standard InChI is InChI=1S/C16H21N3OS/c1-19(8-7-14-4-3-9-21-14)11-13-10-12(16(17)18)5-6-15(13)20-2/h3-6,9-10H,7-8,11H2,1-2H3,(H3,17,18). The van der Waals surface area contributed by atoms with Gasteiger partial charge in [0.2, 0.25) is 0 Å². The van der Waals surface area contributed by atoms with Gasteiger partial charge in [-0.05, 0) is 43.1 Å². The maximum Gasteiger partial charge on any atom is 0.123 e. The molecule has 2 aromatic rings. The minimum atomic E-state index is 0.0835. The van der Waals surface area contributed by atoms with Crippen molar-refractivity contribution in [3.8, 4) is 5.75 Å². The molecule has 1 aromatic carbocycles. The normalized spacial score (nSPS) is 10.8. The highest BCUT2D eigenvalue weighted by Crippen LogP contribution is 2.21. The van der Waals surface area contributed by atoms with Crippen molar-refractivity contribution in [1.29, 1.82) is 5.41 Å². The Morgan fingerprint density at radius 1 is 1.38 bits per heavy atom. The minimum Gasteiger partial charge on any atom is -0.496 e. The van der Waals surface area contributed by atoms with E-state index < -0.39 is 0 Å². The first-order valence-corrected chi connectivity index (χ1v) is 7.70. The van der Waals surface area contributed by atoms with Crippen LogP contribution < -0.4 is 10.5 Å². The van der Waals surface area contributed by atoms with Crippen LogP contribution in [0.15, 0.2) is 35.7 Å². The number of nitrogen functional groups attached to an aromatic ring is 1. The molecule has 112 valence electrons. The second-order valence-electron chi connectivity index (χ2n) is 5.01. The fourth-order valence-electron chi connectivity index (χ4n) is 2.20. The SMILES string of the molecule is COc1ccc(C(=N)N)cc1CN(C)CCc1cccs1. The third-order valence-electron chi connectivity index (χ3n) is 3.35. The molecule has 0 saturated carbocycles. The smallest absolute Gasteiger partial charge is 0.123 e. The second kappa shape index (κ2) is 7.24. The number of hydrogen-bond donors (Lipinski definition) is 2. The zero-order valence-corrected chi connectivity index (χ0v) is 13.2. The van der Waals surface area contributed by atoms with Crippen LogP contribution in [0, 0.1) is 5.41 Å². The zero-order valence-electron chi connectivity index (χ0n) is 12.4. The largest absolute Gasteiger partial charge is 0.496 e. The molecule has 5 heteroatoms. The van der Waals surface area contributed by atoms with E-state index in [1.807, 2.05) is 18.2 Å². The van der Waals surface area contributed by atoms with Gasteiger partial charge in [-0.25, -0.2) is 0 Å². The van der Waals surface area contributed by atoms with Gasteiger partial charge in [0.1, 0.15) is 11.6 Å². The van der Waals surface area contributed by atoms with Crippen LogP contribution in [0.4, 0.5) is 0 Å². The number of nitrogens with two attached hydrogens (primary N) is 1. The molecule has 1 heterocycles. The molecule has 0 aliphatic carbocycles. The summed E-state index contributed by atoms with van der Waals surface area (Å²) in [5.41, 5.74) is 7.35. The van der Waals surface area contributed by atoms with Crippen molar-refractivity contribution in [2.45, 2.75) is 13.0 Å². The first kappa shape index (κ1) is 15.5. The van der Waals surface area contributed by atoms with Crippen LogP contribution in [0.25, 0.3) is 0 Å². The molecule has 0 aliphatic heterocycles. The molecule has 0 unspecified atom stereocenters. The fraction of sp³-hybridized carbons (Fsp3) is 0.312. The number of thiophene rings is 1. The first-order chi connectivity index (χ1) is 10.1. The molecule has 0 amide bonds. The number of benzene rings is 1. The van der Waals surface area contributed by atoms with Crippen LogP contribution in [-0.2, 0) is 13.0 Å². The Labute approximate surface area is 129 Å². The number of methoxy groups -OCH3 is 1. The van der Waals surface area contributed by atoms with Crippen LogP contribution in [0.3, 0.4) is 0 Å². The number of amidine groups is 1. The van der Waals surface area contributed by atoms with E-state index in [4.69, 9.17) is 15.9 Å².